The summed E-state index contributed by atoms with van der Waals surface area (Å²) < 4.78 is 5.12. The van der Waals surface area contributed by atoms with Crippen molar-refractivity contribution in [3.63, 3.8) is 0 Å². The van der Waals surface area contributed by atoms with Gasteiger partial charge in [0.05, 0.1) is 12.5 Å². The van der Waals surface area contributed by atoms with Gasteiger partial charge in [-0.05, 0) is 18.4 Å². The molecule has 3 rings (SSSR count). The topological polar surface area (TPSA) is 43.4 Å². The highest BCUT2D eigenvalue weighted by atomic mass is 16.5. The van der Waals surface area contributed by atoms with Gasteiger partial charge in [-0.15, -0.1) is 0 Å². The van der Waals surface area contributed by atoms with Crippen LogP contribution in [0.5, 0.6) is 0 Å². The molecule has 110 valence electrons. The zero-order valence-electron chi connectivity index (χ0n) is 12.8. The van der Waals surface area contributed by atoms with Gasteiger partial charge in [-0.1, -0.05) is 43.7 Å². The van der Waals surface area contributed by atoms with Crippen LogP contribution >= 0.6 is 0 Å². The zero-order valence-corrected chi connectivity index (χ0v) is 12.8. The number of hydrogen-bond acceptors (Lipinski definition) is 3. The van der Waals surface area contributed by atoms with E-state index in [2.05, 4.69) is 31.2 Å². The summed E-state index contributed by atoms with van der Waals surface area (Å²) in [5.41, 5.74) is 1.65. The lowest BCUT2D eigenvalue weighted by Gasteiger charge is -2.58. The van der Waals surface area contributed by atoms with Gasteiger partial charge in [-0.2, -0.15) is 0 Å². The van der Waals surface area contributed by atoms with Gasteiger partial charge in [0, 0.05) is 17.9 Å². The first kappa shape index (κ1) is 14.1. The molecule has 1 fully saturated rings. The number of Topliss-reactive ketones (excluding diaryl/α,β-unsaturated/α-hetero) is 1. The summed E-state index contributed by atoms with van der Waals surface area (Å²) in [5, 5.41) is 0. The lowest BCUT2D eigenvalue weighted by atomic mass is 9.42. The smallest absolute Gasteiger partial charge is 0.204 e. The molecule has 0 radical (unpaired) electrons. The SMILES string of the molecule is COC1=CC(=O)C2[C@@H](C)C(c3ccc(C)cc3)[C@@]2(C)C1=O. The van der Waals surface area contributed by atoms with E-state index in [9.17, 15) is 9.59 Å². The zero-order chi connectivity index (χ0) is 15.4. The highest BCUT2D eigenvalue weighted by molar-refractivity contribution is 6.13. The predicted octanol–water partition coefficient (Wildman–Crippen LogP) is 3.03. The Labute approximate surface area is 125 Å². The molecule has 21 heavy (non-hydrogen) atoms. The van der Waals surface area contributed by atoms with Gasteiger partial charge in [0.1, 0.15) is 0 Å². The number of rotatable bonds is 2. The van der Waals surface area contributed by atoms with Crippen molar-refractivity contribution in [2.75, 3.05) is 7.11 Å². The van der Waals surface area contributed by atoms with Crippen LogP contribution in [-0.2, 0) is 14.3 Å². The molecule has 0 heterocycles. The van der Waals surface area contributed by atoms with Crippen molar-refractivity contribution in [1.29, 1.82) is 0 Å². The third-order valence-electron chi connectivity index (χ3n) is 5.29. The van der Waals surface area contributed by atoms with Crippen LogP contribution in [0.1, 0.15) is 30.9 Å². The summed E-state index contributed by atoms with van der Waals surface area (Å²) in [7, 11) is 1.45. The van der Waals surface area contributed by atoms with E-state index in [4.69, 9.17) is 4.74 Å². The monoisotopic (exact) mass is 284 g/mol. The highest BCUT2D eigenvalue weighted by Crippen LogP contribution is 2.63. The molecule has 3 nitrogen and oxygen atoms in total. The van der Waals surface area contributed by atoms with E-state index in [0.29, 0.717) is 0 Å². The summed E-state index contributed by atoms with van der Waals surface area (Å²) in [6.07, 6.45) is 1.37. The van der Waals surface area contributed by atoms with E-state index < -0.39 is 5.41 Å². The number of benzene rings is 1. The number of fused-ring (bicyclic) bond motifs is 1. The van der Waals surface area contributed by atoms with Crippen molar-refractivity contribution in [3.05, 3.63) is 47.2 Å². The Morgan fingerprint density at radius 1 is 1.10 bits per heavy atom. The lowest BCUT2D eigenvalue weighted by Crippen LogP contribution is -2.61. The Kier molecular flexibility index (Phi) is 3.05. The van der Waals surface area contributed by atoms with Crippen molar-refractivity contribution in [2.24, 2.45) is 17.3 Å². The first-order valence-corrected chi connectivity index (χ1v) is 7.32. The summed E-state index contributed by atoms with van der Waals surface area (Å²) >= 11 is 0. The van der Waals surface area contributed by atoms with Crippen LogP contribution < -0.4 is 0 Å². The molecule has 0 aliphatic heterocycles. The van der Waals surface area contributed by atoms with Crippen molar-refractivity contribution in [3.8, 4) is 0 Å². The molecule has 1 saturated carbocycles. The Balaban J connectivity index is 2.06. The molecular formula is C18H20O3. The van der Waals surface area contributed by atoms with Gasteiger partial charge in [0.25, 0.3) is 0 Å². The predicted molar refractivity (Wildman–Crippen MR) is 79.8 cm³/mol. The number of methoxy groups -OCH3 is 1. The van der Waals surface area contributed by atoms with Gasteiger partial charge in [0.2, 0.25) is 5.78 Å². The molecule has 2 unspecified atom stereocenters. The molecule has 0 N–H and O–H groups in total. The van der Waals surface area contributed by atoms with E-state index in [1.807, 2.05) is 13.8 Å². The van der Waals surface area contributed by atoms with Crippen molar-refractivity contribution >= 4 is 11.6 Å². The first-order chi connectivity index (χ1) is 9.91. The minimum Gasteiger partial charge on any atom is -0.493 e. The molecule has 0 aromatic heterocycles. The number of aryl methyl sites for hydroxylation is 1. The van der Waals surface area contributed by atoms with Crippen LogP contribution in [0, 0.1) is 24.2 Å². The number of carbonyl (C=O) groups is 2. The van der Waals surface area contributed by atoms with E-state index in [-0.39, 0.29) is 35.1 Å². The second-order valence-corrected chi connectivity index (χ2v) is 6.45. The van der Waals surface area contributed by atoms with E-state index in [1.165, 1.54) is 18.7 Å². The minimum absolute atomic E-state index is 0.0183. The molecule has 0 spiro atoms. The summed E-state index contributed by atoms with van der Waals surface area (Å²) in [6.45, 7) is 6.02. The molecule has 4 atom stereocenters. The molecule has 0 amide bonds. The van der Waals surface area contributed by atoms with Crippen molar-refractivity contribution in [1.82, 2.24) is 0 Å². The average Bonchev–Trinajstić information content (AvgIpc) is 2.45. The fraction of sp³-hybridized carbons (Fsp3) is 0.444. The fourth-order valence-electron chi connectivity index (χ4n) is 4.32. The quantitative estimate of drug-likeness (QED) is 0.838. The van der Waals surface area contributed by atoms with Crippen LogP contribution in [0.4, 0.5) is 0 Å². The van der Waals surface area contributed by atoms with Gasteiger partial charge in [-0.3, -0.25) is 9.59 Å². The van der Waals surface area contributed by atoms with E-state index >= 15 is 0 Å². The highest BCUT2D eigenvalue weighted by Gasteiger charge is 2.66. The Morgan fingerprint density at radius 2 is 1.71 bits per heavy atom. The second kappa shape index (κ2) is 4.55. The Hall–Kier alpha value is -1.90. The lowest BCUT2D eigenvalue weighted by molar-refractivity contribution is -0.159. The van der Waals surface area contributed by atoms with Gasteiger partial charge < -0.3 is 4.74 Å². The van der Waals surface area contributed by atoms with Crippen LogP contribution in [0.15, 0.2) is 36.1 Å². The maximum Gasteiger partial charge on any atom is 0.204 e. The van der Waals surface area contributed by atoms with Gasteiger partial charge in [0.15, 0.2) is 11.5 Å². The second-order valence-electron chi connectivity index (χ2n) is 6.45. The van der Waals surface area contributed by atoms with Crippen molar-refractivity contribution < 1.29 is 14.3 Å². The summed E-state index contributed by atoms with van der Waals surface area (Å²) in [6, 6.07) is 8.25. The number of allylic oxidation sites excluding steroid dienone is 2. The number of carbonyl (C=O) groups excluding carboxylic acids is 2. The molecular weight excluding hydrogens is 264 g/mol. The molecule has 1 aromatic carbocycles. The van der Waals surface area contributed by atoms with Crippen molar-refractivity contribution in [2.45, 2.75) is 26.7 Å². The maximum absolute atomic E-state index is 12.7. The van der Waals surface area contributed by atoms with Crippen LogP contribution in [-0.4, -0.2) is 18.7 Å². The Bertz CT molecular complexity index is 641. The standard InChI is InChI=1S/C18H20O3/c1-10-5-7-12(8-6-10)15-11(2)16-13(19)9-14(21-4)17(20)18(15,16)3/h5-9,11,15-16H,1-4H3/t11-,15?,16?,18+/m0/s1. The molecule has 3 heteroatoms. The summed E-state index contributed by atoms with van der Waals surface area (Å²) in [5.74, 6) is 0.184. The molecule has 0 saturated heterocycles. The van der Waals surface area contributed by atoms with Crippen LogP contribution in [0.2, 0.25) is 0 Å². The largest absolute Gasteiger partial charge is 0.493 e. The van der Waals surface area contributed by atoms with Gasteiger partial charge >= 0.3 is 0 Å². The number of hydrogen-bond donors (Lipinski definition) is 0. The fourth-order valence-corrected chi connectivity index (χ4v) is 4.32. The Morgan fingerprint density at radius 3 is 2.29 bits per heavy atom. The summed E-state index contributed by atoms with van der Waals surface area (Å²) in [4.78, 5) is 25.0. The van der Waals surface area contributed by atoms with Gasteiger partial charge in [-0.25, -0.2) is 0 Å². The molecule has 2 aliphatic rings. The molecule has 0 bridgehead atoms. The third-order valence-corrected chi connectivity index (χ3v) is 5.29. The number of ketones is 2. The van der Waals surface area contributed by atoms with E-state index in [1.54, 1.807) is 0 Å². The number of ether oxygens (including phenoxy) is 1. The molecule has 2 aliphatic carbocycles. The van der Waals surface area contributed by atoms with Crippen LogP contribution in [0.3, 0.4) is 0 Å². The normalized spacial score (nSPS) is 34.9. The maximum atomic E-state index is 12.7. The minimum atomic E-state index is -0.675. The van der Waals surface area contributed by atoms with Crippen LogP contribution in [0.25, 0.3) is 0 Å². The van der Waals surface area contributed by atoms with E-state index in [0.717, 1.165) is 5.56 Å². The third kappa shape index (κ3) is 1.73. The molecule has 1 aromatic rings. The average molecular weight is 284 g/mol. The first-order valence-electron chi connectivity index (χ1n) is 7.32.